The molecule has 1 unspecified atom stereocenters. The maximum absolute atomic E-state index is 13.2. The Kier molecular flexibility index (Phi) is 4.06. The highest BCUT2D eigenvalue weighted by atomic mass is 19.3. The molecule has 0 aliphatic rings. The Labute approximate surface area is 93.6 Å². The average Bonchev–Trinajstić information content (AvgIpc) is 2.30. The molecule has 0 bridgehead atoms. The van der Waals surface area contributed by atoms with Crippen LogP contribution in [0.1, 0.15) is 23.7 Å². The van der Waals surface area contributed by atoms with Gasteiger partial charge in [-0.05, 0) is 12.1 Å². The Morgan fingerprint density at radius 1 is 1.35 bits per heavy atom. The monoisotopic (exact) mass is 252 g/mol. The molecular formula is C10H8F4O3. The lowest BCUT2D eigenvalue weighted by Crippen LogP contribution is -2.16. The minimum atomic E-state index is -3.05. The molecule has 0 heterocycles. The van der Waals surface area contributed by atoms with E-state index < -0.39 is 41.3 Å². The minimum Gasteiger partial charge on any atom is -0.467 e. The standard InChI is InChI=1S/C10H8F4O3/c1-17-10(16)8(15)5-2-4(9(13)14)3-6(11)7(5)12/h2-3,8-9,15H,1H3. The van der Waals surface area contributed by atoms with Crippen molar-refractivity contribution >= 4 is 5.97 Å². The lowest BCUT2D eigenvalue weighted by atomic mass is 10.0. The second-order valence-corrected chi connectivity index (χ2v) is 3.13. The fourth-order valence-electron chi connectivity index (χ4n) is 1.20. The van der Waals surface area contributed by atoms with Crippen LogP contribution in [0.15, 0.2) is 12.1 Å². The van der Waals surface area contributed by atoms with Crippen molar-refractivity contribution in [1.29, 1.82) is 0 Å². The molecule has 1 N–H and O–H groups in total. The van der Waals surface area contributed by atoms with E-state index in [1.54, 1.807) is 0 Å². The summed E-state index contributed by atoms with van der Waals surface area (Å²) in [6.07, 6.45) is -5.19. The van der Waals surface area contributed by atoms with Gasteiger partial charge in [-0.3, -0.25) is 0 Å². The van der Waals surface area contributed by atoms with Gasteiger partial charge in [-0.15, -0.1) is 0 Å². The molecule has 0 aromatic heterocycles. The number of aliphatic hydroxyl groups excluding tert-OH is 1. The molecule has 7 heteroatoms. The van der Waals surface area contributed by atoms with Crippen molar-refractivity contribution in [3.8, 4) is 0 Å². The number of hydrogen-bond acceptors (Lipinski definition) is 3. The molecule has 1 atom stereocenters. The lowest BCUT2D eigenvalue weighted by Gasteiger charge is -2.11. The predicted octanol–water partition coefficient (Wildman–Crippen LogP) is 2.11. The van der Waals surface area contributed by atoms with Gasteiger partial charge in [0.05, 0.1) is 7.11 Å². The van der Waals surface area contributed by atoms with Gasteiger partial charge in [0.1, 0.15) is 0 Å². The summed E-state index contributed by atoms with van der Waals surface area (Å²) in [7, 11) is 0.913. The molecule has 0 saturated carbocycles. The van der Waals surface area contributed by atoms with E-state index in [9.17, 15) is 27.5 Å². The molecule has 1 aromatic carbocycles. The van der Waals surface area contributed by atoms with Crippen LogP contribution in [0.3, 0.4) is 0 Å². The Morgan fingerprint density at radius 2 is 1.94 bits per heavy atom. The Bertz CT molecular complexity index is 434. The molecule has 0 amide bonds. The molecule has 0 saturated heterocycles. The van der Waals surface area contributed by atoms with E-state index >= 15 is 0 Å². The third-order valence-corrected chi connectivity index (χ3v) is 2.05. The Morgan fingerprint density at radius 3 is 2.41 bits per heavy atom. The first-order valence-corrected chi connectivity index (χ1v) is 4.41. The van der Waals surface area contributed by atoms with Crippen LogP contribution in [0.5, 0.6) is 0 Å². The van der Waals surface area contributed by atoms with Crippen molar-refractivity contribution in [2.45, 2.75) is 12.5 Å². The zero-order chi connectivity index (χ0) is 13.2. The normalized spacial score (nSPS) is 12.6. The summed E-state index contributed by atoms with van der Waals surface area (Å²) in [6.45, 7) is 0. The second kappa shape index (κ2) is 5.13. The number of aliphatic hydroxyl groups is 1. The van der Waals surface area contributed by atoms with Gasteiger partial charge in [0.2, 0.25) is 0 Å². The Balaban J connectivity index is 3.27. The highest BCUT2D eigenvalue weighted by Gasteiger charge is 2.26. The summed E-state index contributed by atoms with van der Waals surface area (Å²) < 4.78 is 54.9. The minimum absolute atomic E-state index is 0.299. The molecule has 0 aliphatic heterocycles. The van der Waals surface area contributed by atoms with Crippen LogP contribution in [-0.2, 0) is 9.53 Å². The van der Waals surface area contributed by atoms with Gasteiger partial charge < -0.3 is 9.84 Å². The summed E-state index contributed by atoms with van der Waals surface area (Å²) in [6, 6.07) is 0.818. The quantitative estimate of drug-likeness (QED) is 0.662. The number of alkyl halides is 2. The molecular weight excluding hydrogens is 244 g/mol. The van der Waals surface area contributed by atoms with Crippen molar-refractivity contribution < 1.29 is 32.2 Å². The molecule has 0 fully saturated rings. The number of carbonyl (C=O) groups excluding carboxylic acids is 1. The first-order chi connectivity index (χ1) is 7.88. The first kappa shape index (κ1) is 13.4. The molecule has 0 spiro atoms. The van der Waals surface area contributed by atoms with Gasteiger partial charge >= 0.3 is 5.97 Å². The molecule has 94 valence electrons. The predicted molar refractivity (Wildman–Crippen MR) is 48.3 cm³/mol. The molecule has 0 aliphatic carbocycles. The molecule has 17 heavy (non-hydrogen) atoms. The molecule has 3 nitrogen and oxygen atoms in total. The highest BCUT2D eigenvalue weighted by Crippen LogP contribution is 2.27. The van der Waals surface area contributed by atoms with Gasteiger partial charge in [-0.2, -0.15) is 0 Å². The van der Waals surface area contributed by atoms with Crippen molar-refractivity contribution in [1.82, 2.24) is 0 Å². The summed E-state index contributed by atoms with van der Waals surface area (Å²) in [5, 5.41) is 9.27. The lowest BCUT2D eigenvalue weighted by molar-refractivity contribution is -0.150. The number of halogens is 4. The Hall–Kier alpha value is -1.63. The van der Waals surface area contributed by atoms with E-state index in [2.05, 4.69) is 4.74 Å². The zero-order valence-electron chi connectivity index (χ0n) is 8.58. The third-order valence-electron chi connectivity index (χ3n) is 2.05. The smallest absolute Gasteiger partial charge is 0.339 e. The van der Waals surface area contributed by atoms with Crippen LogP contribution in [0.25, 0.3) is 0 Å². The van der Waals surface area contributed by atoms with E-state index in [0.717, 1.165) is 7.11 Å². The number of carbonyl (C=O) groups is 1. The molecule has 0 radical (unpaired) electrons. The van der Waals surface area contributed by atoms with Crippen LogP contribution in [-0.4, -0.2) is 18.2 Å². The average molecular weight is 252 g/mol. The van der Waals surface area contributed by atoms with Crippen LogP contribution in [0.2, 0.25) is 0 Å². The number of benzene rings is 1. The zero-order valence-corrected chi connectivity index (χ0v) is 8.58. The highest BCUT2D eigenvalue weighted by molar-refractivity contribution is 5.76. The van der Waals surface area contributed by atoms with E-state index in [0.29, 0.717) is 12.1 Å². The second-order valence-electron chi connectivity index (χ2n) is 3.13. The topological polar surface area (TPSA) is 46.5 Å². The van der Waals surface area contributed by atoms with Crippen LogP contribution >= 0.6 is 0 Å². The fraction of sp³-hybridized carbons (Fsp3) is 0.300. The molecule has 1 aromatic rings. The first-order valence-electron chi connectivity index (χ1n) is 4.41. The summed E-state index contributed by atoms with van der Waals surface area (Å²) in [5.74, 6) is -4.40. The van der Waals surface area contributed by atoms with Gasteiger partial charge in [0, 0.05) is 11.1 Å². The van der Waals surface area contributed by atoms with E-state index in [1.165, 1.54) is 0 Å². The fourth-order valence-corrected chi connectivity index (χ4v) is 1.20. The van der Waals surface area contributed by atoms with Crippen molar-refractivity contribution in [3.05, 3.63) is 34.9 Å². The van der Waals surface area contributed by atoms with Crippen LogP contribution in [0.4, 0.5) is 17.6 Å². The summed E-state index contributed by atoms with van der Waals surface area (Å²) >= 11 is 0. The van der Waals surface area contributed by atoms with Crippen molar-refractivity contribution in [2.24, 2.45) is 0 Å². The summed E-state index contributed by atoms with van der Waals surface area (Å²) in [4.78, 5) is 10.9. The molecule has 1 rings (SSSR count). The van der Waals surface area contributed by atoms with Gasteiger partial charge in [0.15, 0.2) is 17.7 Å². The number of methoxy groups -OCH3 is 1. The van der Waals surface area contributed by atoms with Gasteiger partial charge in [0.25, 0.3) is 6.43 Å². The number of ether oxygens (including phenoxy) is 1. The third kappa shape index (κ3) is 2.73. The largest absolute Gasteiger partial charge is 0.467 e. The number of rotatable bonds is 3. The van der Waals surface area contributed by atoms with Crippen LogP contribution < -0.4 is 0 Å². The van der Waals surface area contributed by atoms with Crippen molar-refractivity contribution in [3.63, 3.8) is 0 Å². The van der Waals surface area contributed by atoms with Crippen LogP contribution in [0, 0.1) is 11.6 Å². The van der Waals surface area contributed by atoms with Crippen molar-refractivity contribution in [2.75, 3.05) is 7.11 Å². The summed E-state index contributed by atoms with van der Waals surface area (Å²) in [5.41, 5.74) is -1.71. The van der Waals surface area contributed by atoms with Gasteiger partial charge in [-0.1, -0.05) is 0 Å². The van der Waals surface area contributed by atoms with E-state index in [-0.39, 0.29) is 0 Å². The maximum Gasteiger partial charge on any atom is 0.339 e. The maximum atomic E-state index is 13.2. The number of hydrogen-bond donors (Lipinski definition) is 1. The van der Waals surface area contributed by atoms with Gasteiger partial charge in [-0.25, -0.2) is 22.4 Å². The van der Waals surface area contributed by atoms with E-state index in [4.69, 9.17) is 0 Å². The van der Waals surface area contributed by atoms with E-state index in [1.807, 2.05) is 0 Å². The SMILES string of the molecule is COC(=O)C(O)c1cc(C(F)F)cc(F)c1F. The number of esters is 1.